The van der Waals surface area contributed by atoms with Crippen molar-refractivity contribution in [2.75, 3.05) is 0 Å². The molecule has 0 amide bonds. The Hall–Kier alpha value is -1.90. The maximum absolute atomic E-state index is 11.0. The molecule has 1 aliphatic carbocycles. The summed E-state index contributed by atoms with van der Waals surface area (Å²) in [6, 6.07) is 9.34. The lowest BCUT2D eigenvalue weighted by Gasteiger charge is -1.99. The van der Waals surface area contributed by atoms with Crippen molar-refractivity contribution in [1.82, 2.24) is 0 Å². The Morgan fingerprint density at radius 2 is 2.13 bits per heavy atom. The number of hydrogen-bond acceptors (Lipinski definition) is 2. The Kier molecular flexibility index (Phi) is 2.15. The van der Waals surface area contributed by atoms with Crippen LogP contribution >= 0.6 is 0 Å². The van der Waals surface area contributed by atoms with E-state index in [9.17, 15) is 4.79 Å². The van der Waals surface area contributed by atoms with Crippen LogP contribution in [0.25, 0.3) is 0 Å². The molecule has 1 atom stereocenters. The monoisotopic (exact) mass is 201 g/mol. The molecule has 1 fully saturated rings. The third-order valence-electron chi connectivity index (χ3n) is 2.59. The third kappa shape index (κ3) is 1.56. The Labute approximate surface area is 87.8 Å². The molecule has 0 aliphatic heterocycles. The van der Waals surface area contributed by atoms with Crippen LogP contribution in [0.3, 0.4) is 0 Å². The summed E-state index contributed by atoms with van der Waals surface area (Å²) in [4.78, 5) is 15.2. The van der Waals surface area contributed by atoms with Crippen LogP contribution in [0.1, 0.15) is 6.42 Å². The maximum atomic E-state index is 11.0. The molecule has 0 spiro atoms. The van der Waals surface area contributed by atoms with Crippen molar-refractivity contribution in [3.05, 3.63) is 43.0 Å². The first kappa shape index (κ1) is 9.65. The van der Waals surface area contributed by atoms with Crippen molar-refractivity contribution in [1.29, 1.82) is 0 Å². The number of carboxylic acid groups (broad SMARTS) is 1. The van der Waals surface area contributed by atoms with Crippen molar-refractivity contribution in [3.8, 4) is 0 Å². The molecule has 3 nitrogen and oxygen atoms in total. The van der Waals surface area contributed by atoms with Gasteiger partial charge in [0, 0.05) is 12.1 Å². The molecule has 0 bridgehead atoms. The molecule has 1 aromatic carbocycles. The van der Waals surface area contributed by atoms with Crippen molar-refractivity contribution in [3.63, 3.8) is 0 Å². The number of para-hydroxylation sites is 1. The fourth-order valence-corrected chi connectivity index (χ4v) is 1.49. The lowest BCUT2D eigenvalue weighted by molar-refractivity contribution is -0.140. The Balaban J connectivity index is 2.27. The van der Waals surface area contributed by atoms with Crippen LogP contribution in [0.4, 0.5) is 5.69 Å². The van der Waals surface area contributed by atoms with Gasteiger partial charge in [0.05, 0.1) is 5.69 Å². The fraction of sp³-hybridized carbons (Fsp3) is 0.167. The Morgan fingerprint density at radius 1 is 1.47 bits per heavy atom. The number of rotatable bonds is 3. The zero-order valence-corrected chi connectivity index (χ0v) is 8.18. The second-order valence-electron chi connectivity index (χ2n) is 3.55. The van der Waals surface area contributed by atoms with Gasteiger partial charge < -0.3 is 5.11 Å². The lowest BCUT2D eigenvalue weighted by atomic mass is 10.1. The number of nitrogens with zero attached hydrogens (tertiary/aromatic N) is 1. The van der Waals surface area contributed by atoms with Gasteiger partial charge in [0.15, 0.2) is 0 Å². The van der Waals surface area contributed by atoms with Gasteiger partial charge in [0.1, 0.15) is 5.41 Å². The van der Waals surface area contributed by atoms with Crippen molar-refractivity contribution < 1.29 is 9.90 Å². The van der Waals surface area contributed by atoms with E-state index in [4.69, 9.17) is 5.11 Å². The summed E-state index contributed by atoms with van der Waals surface area (Å²) in [5.41, 5.74) is 0.559. The van der Waals surface area contributed by atoms with E-state index >= 15 is 0 Å². The molecule has 1 N–H and O–H groups in total. The minimum Gasteiger partial charge on any atom is -0.480 e. The van der Waals surface area contributed by atoms with E-state index in [1.807, 2.05) is 30.3 Å². The van der Waals surface area contributed by atoms with Crippen LogP contribution in [-0.4, -0.2) is 16.8 Å². The summed E-state index contributed by atoms with van der Waals surface area (Å²) in [7, 11) is 0. The summed E-state index contributed by atoms with van der Waals surface area (Å²) in [5, 5.41) is 9.00. The van der Waals surface area contributed by atoms with Gasteiger partial charge in [-0.1, -0.05) is 24.3 Å². The minimum atomic E-state index is -0.907. The first-order chi connectivity index (χ1) is 7.19. The van der Waals surface area contributed by atoms with Gasteiger partial charge in [0.25, 0.3) is 0 Å². The molecule has 3 heteroatoms. The van der Waals surface area contributed by atoms with Crippen LogP contribution in [-0.2, 0) is 4.79 Å². The standard InChI is InChI=1S/C12H11NO2/c1-2-12(11(14)15)8-10(12)13-9-6-4-3-5-7-9/h2-7H,1,8H2,(H,14,15). The molecule has 1 unspecified atom stereocenters. The Bertz CT molecular complexity index is 436. The van der Waals surface area contributed by atoms with E-state index in [1.54, 1.807) is 0 Å². The van der Waals surface area contributed by atoms with E-state index in [0.29, 0.717) is 12.1 Å². The van der Waals surface area contributed by atoms with Crippen molar-refractivity contribution in [2.45, 2.75) is 6.42 Å². The second-order valence-corrected chi connectivity index (χ2v) is 3.55. The smallest absolute Gasteiger partial charge is 0.319 e. The van der Waals surface area contributed by atoms with Gasteiger partial charge in [-0.05, 0) is 12.1 Å². The molecule has 1 aromatic rings. The molecular weight excluding hydrogens is 190 g/mol. The van der Waals surface area contributed by atoms with Gasteiger partial charge >= 0.3 is 5.97 Å². The molecule has 0 saturated heterocycles. The van der Waals surface area contributed by atoms with Gasteiger partial charge in [0.2, 0.25) is 0 Å². The summed E-state index contributed by atoms with van der Waals surface area (Å²) in [5.74, 6) is -0.868. The highest BCUT2D eigenvalue weighted by Gasteiger charge is 2.55. The van der Waals surface area contributed by atoms with Crippen molar-refractivity contribution >= 4 is 17.4 Å². The molecule has 0 radical (unpaired) electrons. The average molecular weight is 201 g/mol. The van der Waals surface area contributed by atoms with Crippen LogP contribution in [0, 0.1) is 5.41 Å². The number of benzene rings is 1. The number of hydrogen-bond donors (Lipinski definition) is 1. The summed E-state index contributed by atoms with van der Waals surface area (Å²) in [6.07, 6.45) is 1.93. The minimum absolute atomic E-state index is 0.473. The van der Waals surface area contributed by atoms with Crippen LogP contribution in [0.15, 0.2) is 48.0 Å². The number of carbonyl (C=O) groups is 1. The highest BCUT2D eigenvalue weighted by Crippen LogP contribution is 2.45. The van der Waals surface area contributed by atoms with E-state index < -0.39 is 11.4 Å². The SMILES string of the molecule is C=CC1(C(=O)O)CC1=Nc1ccccc1. The molecule has 0 heterocycles. The first-order valence-corrected chi connectivity index (χ1v) is 4.69. The maximum Gasteiger partial charge on any atom is 0.319 e. The van der Waals surface area contributed by atoms with Gasteiger partial charge in [-0.15, -0.1) is 6.58 Å². The number of aliphatic carboxylic acids is 1. The molecular formula is C12H11NO2. The number of aliphatic imine (C=N–C) groups is 1. The van der Waals surface area contributed by atoms with Crippen LogP contribution in [0.2, 0.25) is 0 Å². The average Bonchev–Trinajstić information content (AvgIpc) is 2.94. The van der Waals surface area contributed by atoms with E-state index in [-0.39, 0.29) is 0 Å². The topological polar surface area (TPSA) is 49.7 Å². The van der Waals surface area contributed by atoms with Crippen LogP contribution < -0.4 is 0 Å². The van der Waals surface area contributed by atoms with Gasteiger partial charge in [-0.2, -0.15) is 0 Å². The fourth-order valence-electron chi connectivity index (χ4n) is 1.49. The summed E-state index contributed by atoms with van der Waals surface area (Å²) in [6.45, 7) is 3.55. The largest absolute Gasteiger partial charge is 0.480 e. The normalized spacial score (nSPS) is 26.3. The summed E-state index contributed by atoms with van der Waals surface area (Å²) < 4.78 is 0. The van der Waals surface area contributed by atoms with Gasteiger partial charge in [-0.3, -0.25) is 9.79 Å². The molecule has 15 heavy (non-hydrogen) atoms. The van der Waals surface area contributed by atoms with Gasteiger partial charge in [-0.25, -0.2) is 0 Å². The molecule has 2 rings (SSSR count). The van der Waals surface area contributed by atoms with E-state index in [2.05, 4.69) is 11.6 Å². The number of carboxylic acids is 1. The zero-order valence-electron chi connectivity index (χ0n) is 8.18. The van der Waals surface area contributed by atoms with E-state index in [1.165, 1.54) is 6.08 Å². The molecule has 1 aliphatic rings. The molecule has 0 aromatic heterocycles. The van der Waals surface area contributed by atoms with Crippen molar-refractivity contribution in [2.24, 2.45) is 10.4 Å². The van der Waals surface area contributed by atoms with E-state index in [0.717, 1.165) is 5.69 Å². The second kappa shape index (κ2) is 3.35. The molecule has 1 saturated carbocycles. The zero-order chi connectivity index (χ0) is 10.9. The lowest BCUT2D eigenvalue weighted by Crippen LogP contribution is -2.14. The summed E-state index contributed by atoms with van der Waals surface area (Å²) >= 11 is 0. The predicted octanol–water partition coefficient (Wildman–Crippen LogP) is 2.42. The quantitative estimate of drug-likeness (QED) is 0.763. The highest BCUT2D eigenvalue weighted by atomic mass is 16.4. The third-order valence-corrected chi connectivity index (χ3v) is 2.59. The first-order valence-electron chi connectivity index (χ1n) is 4.69. The van der Waals surface area contributed by atoms with Crippen LogP contribution in [0.5, 0.6) is 0 Å². The predicted molar refractivity (Wildman–Crippen MR) is 58.4 cm³/mol. The highest BCUT2D eigenvalue weighted by molar-refractivity contribution is 6.22. The Morgan fingerprint density at radius 3 is 2.60 bits per heavy atom. The molecule has 76 valence electrons.